The van der Waals surface area contributed by atoms with E-state index in [0.717, 1.165) is 33.9 Å². The second-order valence-electron chi connectivity index (χ2n) is 9.02. The van der Waals surface area contributed by atoms with Crippen LogP contribution >= 0.6 is 11.3 Å². The molecule has 29 heavy (non-hydrogen) atoms. The van der Waals surface area contributed by atoms with E-state index >= 15 is 0 Å². The van der Waals surface area contributed by atoms with E-state index in [0.29, 0.717) is 4.88 Å². The number of ether oxygens (including phenoxy) is 2. The van der Waals surface area contributed by atoms with E-state index in [1.807, 2.05) is 12.1 Å². The third-order valence-electron chi connectivity index (χ3n) is 7.13. The average molecular weight is 407 g/mol. The van der Waals surface area contributed by atoms with Crippen LogP contribution < -0.4 is 4.74 Å². The van der Waals surface area contributed by atoms with Crippen molar-refractivity contribution in [2.24, 2.45) is 17.8 Å². The van der Waals surface area contributed by atoms with E-state index < -0.39 is 0 Å². The molecular formula is C25H26O3S. The predicted molar refractivity (Wildman–Crippen MR) is 114 cm³/mol. The molecule has 4 aliphatic carbocycles. The standard InChI is InChI=1S/C25H26O3S/c1-27-22-7-4-16(3-5-20-6-8-23(29-20)24(26)28-2)12-21(22)25-13-17-9-18(14-25)11-19(10-17)15-25/h4,6-8,12,17-19H,9-11,13-15H2,1-2H3. The van der Waals surface area contributed by atoms with Gasteiger partial charge in [-0.3, -0.25) is 0 Å². The van der Waals surface area contributed by atoms with Crippen molar-refractivity contribution in [1.29, 1.82) is 0 Å². The van der Waals surface area contributed by atoms with Crippen LogP contribution in [-0.2, 0) is 10.2 Å². The van der Waals surface area contributed by atoms with Crippen molar-refractivity contribution in [1.82, 2.24) is 0 Å². The summed E-state index contributed by atoms with van der Waals surface area (Å²) in [5.41, 5.74) is 2.66. The largest absolute Gasteiger partial charge is 0.496 e. The van der Waals surface area contributed by atoms with E-state index in [9.17, 15) is 4.79 Å². The highest BCUT2D eigenvalue weighted by Crippen LogP contribution is 2.61. The van der Waals surface area contributed by atoms with Gasteiger partial charge in [-0.15, -0.1) is 11.3 Å². The number of hydrogen-bond acceptors (Lipinski definition) is 4. The first-order valence-corrected chi connectivity index (χ1v) is 11.3. The minimum Gasteiger partial charge on any atom is -0.496 e. The minimum absolute atomic E-state index is 0.277. The third-order valence-corrected chi connectivity index (χ3v) is 8.11. The zero-order chi connectivity index (χ0) is 20.0. The summed E-state index contributed by atoms with van der Waals surface area (Å²) in [6, 6.07) is 10.1. The zero-order valence-corrected chi connectivity index (χ0v) is 17.8. The lowest BCUT2D eigenvalue weighted by atomic mass is 9.48. The van der Waals surface area contributed by atoms with E-state index in [1.54, 1.807) is 13.2 Å². The number of carbonyl (C=O) groups excluding carboxylic acids is 1. The highest BCUT2D eigenvalue weighted by atomic mass is 32.1. The Labute approximate surface area is 176 Å². The summed E-state index contributed by atoms with van der Waals surface area (Å²) in [4.78, 5) is 13.1. The monoisotopic (exact) mass is 406 g/mol. The molecule has 0 saturated heterocycles. The maximum atomic E-state index is 11.6. The second kappa shape index (κ2) is 7.22. The van der Waals surface area contributed by atoms with E-state index in [2.05, 4.69) is 24.0 Å². The van der Waals surface area contributed by atoms with Gasteiger partial charge < -0.3 is 9.47 Å². The summed E-state index contributed by atoms with van der Waals surface area (Å²) in [6.07, 6.45) is 8.21. The molecule has 6 rings (SSSR count). The van der Waals surface area contributed by atoms with Gasteiger partial charge in [-0.2, -0.15) is 0 Å². The molecule has 0 spiro atoms. The maximum absolute atomic E-state index is 11.6. The van der Waals surface area contributed by atoms with Crippen molar-refractivity contribution in [2.75, 3.05) is 14.2 Å². The lowest BCUT2D eigenvalue weighted by Gasteiger charge is -2.57. The quantitative estimate of drug-likeness (QED) is 0.505. The van der Waals surface area contributed by atoms with Crippen LogP contribution in [-0.4, -0.2) is 20.2 Å². The number of benzene rings is 1. The molecule has 4 saturated carbocycles. The normalized spacial score (nSPS) is 29.2. The van der Waals surface area contributed by atoms with Crippen LogP contribution in [0.5, 0.6) is 5.75 Å². The first-order chi connectivity index (χ1) is 14.1. The molecule has 0 N–H and O–H groups in total. The Morgan fingerprint density at radius 2 is 1.69 bits per heavy atom. The minimum atomic E-state index is -0.309. The Morgan fingerprint density at radius 1 is 1.00 bits per heavy atom. The predicted octanol–water partition coefficient (Wildman–Crippen LogP) is 5.41. The molecule has 4 bridgehead atoms. The molecule has 4 aliphatic rings. The van der Waals surface area contributed by atoms with Gasteiger partial charge in [0.05, 0.1) is 19.1 Å². The summed E-state index contributed by atoms with van der Waals surface area (Å²) >= 11 is 1.37. The van der Waals surface area contributed by atoms with Crippen molar-refractivity contribution in [2.45, 2.75) is 43.9 Å². The van der Waals surface area contributed by atoms with Gasteiger partial charge in [0.2, 0.25) is 0 Å². The Kier molecular flexibility index (Phi) is 4.67. The SMILES string of the molecule is COC(=O)c1ccc(C#Cc2ccc(OC)c(C34CC5CC(CC(C5)C3)C4)c2)s1. The number of thiophene rings is 1. The topological polar surface area (TPSA) is 35.5 Å². The summed E-state index contributed by atoms with van der Waals surface area (Å²) in [5, 5.41) is 0. The second-order valence-corrected chi connectivity index (χ2v) is 10.1. The maximum Gasteiger partial charge on any atom is 0.348 e. The Bertz CT molecular complexity index is 971. The Morgan fingerprint density at radius 3 is 2.31 bits per heavy atom. The summed E-state index contributed by atoms with van der Waals surface area (Å²) in [6.45, 7) is 0. The molecule has 2 aromatic rings. The van der Waals surface area contributed by atoms with Crippen LogP contribution in [0.15, 0.2) is 30.3 Å². The molecule has 150 valence electrons. The molecule has 0 radical (unpaired) electrons. The van der Waals surface area contributed by atoms with Crippen molar-refractivity contribution < 1.29 is 14.3 Å². The molecule has 0 aliphatic heterocycles. The van der Waals surface area contributed by atoms with Gasteiger partial charge in [-0.25, -0.2) is 4.79 Å². The lowest BCUT2D eigenvalue weighted by Crippen LogP contribution is -2.48. The molecule has 1 aromatic heterocycles. The van der Waals surface area contributed by atoms with E-state index in [4.69, 9.17) is 9.47 Å². The fourth-order valence-corrected chi connectivity index (χ4v) is 7.17. The highest BCUT2D eigenvalue weighted by Gasteiger charge is 2.52. The van der Waals surface area contributed by atoms with Gasteiger partial charge in [0.1, 0.15) is 10.6 Å². The average Bonchev–Trinajstić information content (AvgIpc) is 3.19. The summed E-state index contributed by atoms with van der Waals surface area (Å²) < 4.78 is 10.6. The number of esters is 1. The number of rotatable bonds is 3. The van der Waals surface area contributed by atoms with Crippen molar-refractivity contribution >= 4 is 17.3 Å². The molecule has 4 heteroatoms. The van der Waals surface area contributed by atoms with Gasteiger partial charge in [-0.05, 0) is 92.0 Å². The van der Waals surface area contributed by atoms with E-state index in [1.165, 1.54) is 62.5 Å². The Hall–Kier alpha value is -2.25. The fraction of sp³-hybridized carbons (Fsp3) is 0.480. The third kappa shape index (κ3) is 3.36. The fourth-order valence-electron chi connectivity index (χ4n) is 6.39. The van der Waals surface area contributed by atoms with Crippen molar-refractivity contribution in [3.05, 3.63) is 51.2 Å². The number of methoxy groups -OCH3 is 2. The first-order valence-electron chi connectivity index (χ1n) is 10.5. The molecule has 0 amide bonds. The van der Waals surface area contributed by atoms with Gasteiger partial charge >= 0.3 is 5.97 Å². The summed E-state index contributed by atoms with van der Waals surface area (Å²) in [5.74, 6) is 9.91. The van der Waals surface area contributed by atoms with Crippen molar-refractivity contribution in [3.8, 4) is 17.6 Å². The van der Waals surface area contributed by atoms with Crippen LogP contribution in [0.2, 0.25) is 0 Å². The van der Waals surface area contributed by atoms with E-state index in [-0.39, 0.29) is 11.4 Å². The molecule has 3 nitrogen and oxygen atoms in total. The van der Waals surface area contributed by atoms with Crippen LogP contribution in [0.1, 0.15) is 64.2 Å². The molecule has 1 aromatic carbocycles. The summed E-state index contributed by atoms with van der Waals surface area (Å²) in [7, 11) is 3.18. The van der Waals surface area contributed by atoms with Crippen LogP contribution in [0.4, 0.5) is 0 Å². The molecule has 4 fully saturated rings. The van der Waals surface area contributed by atoms with Crippen molar-refractivity contribution in [3.63, 3.8) is 0 Å². The lowest BCUT2D eigenvalue weighted by molar-refractivity contribution is -0.00616. The van der Waals surface area contributed by atoms with Gasteiger partial charge in [0.15, 0.2) is 0 Å². The highest BCUT2D eigenvalue weighted by molar-refractivity contribution is 7.14. The molecule has 0 unspecified atom stereocenters. The van der Waals surface area contributed by atoms with Gasteiger partial charge in [-0.1, -0.05) is 11.8 Å². The van der Waals surface area contributed by atoms with Gasteiger partial charge in [0, 0.05) is 11.1 Å². The zero-order valence-electron chi connectivity index (χ0n) is 17.0. The molecule has 1 heterocycles. The first kappa shape index (κ1) is 18.8. The van der Waals surface area contributed by atoms with Crippen LogP contribution in [0.3, 0.4) is 0 Å². The van der Waals surface area contributed by atoms with Crippen LogP contribution in [0, 0.1) is 29.6 Å². The molecule has 0 atom stereocenters. The number of carbonyl (C=O) groups is 1. The van der Waals surface area contributed by atoms with Gasteiger partial charge in [0.25, 0.3) is 0 Å². The number of hydrogen-bond donors (Lipinski definition) is 0. The smallest absolute Gasteiger partial charge is 0.348 e. The Balaban J connectivity index is 1.47. The van der Waals surface area contributed by atoms with Crippen LogP contribution in [0.25, 0.3) is 0 Å². The molecular weight excluding hydrogens is 380 g/mol.